The summed E-state index contributed by atoms with van der Waals surface area (Å²) in [6.45, 7) is 0.182. The van der Waals surface area contributed by atoms with Gasteiger partial charge in [-0.15, -0.1) is 10.2 Å². The minimum atomic E-state index is -2.84. The van der Waals surface area contributed by atoms with Crippen LogP contribution in [0.3, 0.4) is 0 Å². The number of pyridine rings is 1. The Morgan fingerprint density at radius 2 is 1.96 bits per heavy atom. The number of hydrazine groups is 1. The van der Waals surface area contributed by atoms with Crippen molar-refractivity contribution in [2.75, 3.05) is 0 Å². The van der Waals surface area contributed by atoms with Gasteiger partial charge in [-0.2, -0.15) is 8.78 Å². The Morgan fingerprint density at radius 3 is 2.59 bits per heavy atom. The van der Waals surface area contributed by atoms with Crippen LogP contribution >= 0.6 is 0 Å². The molecule has 0 fully saturated rings. The van der Waals surface area contributed by atoms with Gasteiger partial charge in [0.05, 0.1) is 23.5 Å². The van der Waals surface area contributed by atoms with Crippen LogP contribution in [0.25, 0.3) is 17.2 Å². The quantitative estimate of drug-likeness (QED) is 0.503. The third kappa shape index (κ3) is 4.42. The normalized spacial score (nSPS) is 11.8. The first-order valence-electron chi connectivity index (χ1n) is 7.74. The number of nitrogens with zero attached hydrogens (tertiary/aromatic N) is 4. The van der Waals surface area contributed by atoms with Crippen molar-refractivity contribution in [1.29, 1.82) is 0 Å². The molecule has 0 aliphatic rings. The summed E-state index contributed by atoms with van der Waals surface area (Å²) < 4.78 is 43.5. The molecule has 2 heterocycles. The van der Waals surface area contributed by atoms with Gasteiger partial charge < -0.3 is 15.2 Å². The van der Waals surface area contributed by atoms with Crippen molar-refractivity contribution in [2.24, 2.45) is 11.6 Å². The SMILES string of the molecule is N/C(=C\N(N)Cc1ccc(-c2nnc(C(F)F)o2)cn1)c1ccccc1F. The van der Waals surface area contributed by atoms with E-state index in [2.05, 4.69) is 15.2 Å². The van der Waals surface area contributed by atoms with Crippen molar-refractivity contribution >= 4 is 5.70 Å². The second-order valence-electron chi connectivity index (χ2n) is 5.52. The molecule has 3 rings (SSSR count). The van der Waals surface area contributed by atoms with E-state index >= 15 is 0 Å². The van der Waals surface area contributed by atoms with E-state index in [-0.39, 0.29) is 23.7 Å². The Bertz CT molecular complexity index is 942. The summed E-state index contributed by atoms with van der Waals surface area (Å²) in [4.78, 5) is 4.17. The highest BCUT2D eigenvalue weighted by molar-refractivity contribution is 5.62. The highest BCUT2D eigenvalue weighted by atomic mass is 19.3. The third-order valence-corrected chi connectivity index (χ3v) is 3.53. The minimum Gasteiger partial charge on any atom is -0.415 e. The fourth-order valence-corrected chi connectivity index (χ4v) is 2.26. The largest absolute Gasteiger partial charge is 0.415 e. The highest BCUT2D eigenvalue weighted by Gasteiger charge is 2.17. The molecule has 0 radical (unpaired) electrons. The van der Waals surface area contributed by atoms with Crippen LogP contribution in [-0.2, 0) is 6.54 Å². The maximum atomic E-state index is 13.7. The maximum Gasteiger partial charge on any atom is 0.314 e. The van der Waals surface area contributed by atoms with Crippen molar-refractivity contribution in [3.63, 3.8) is 0 Å². The molecule has 0 bridgehead atoms. The van der Waals surface area contributed by atoms with Gasteiger partial charge in [0.25, 0.3) is 5.89 Å². The lowest BCUT2D eigenvalue weighted by molar-refractivity contribution is 0.116. The van der Waals surface area contributed by atoms with Crippen molar-refractivity contribution < 1.29 is 17.6 Å². The van der Waals surface area contributed by atoms with Crippen molar-refractivity contribution in [1.82, 2.24) is 20.2 Å². The first-order chi connectivity index (χ1) is 12.9. The van der Waals surface area contributed by atoms with E-state index in [1.807, 2.05) is 0 Å². The summed E-state index contributed by atoms with van der Waals surface area (Å²) in [6.07, 6.45) is -0.0486. The molecule has 0 spiro atoms. The second-order valence-corrected chi connectivity index (χ2v) is 5.52. The van der Waals surface area contributed by atoms with Crippen LogP contribution in [-0.4, -0.2) is 20.2 Å². The Balaban J connectivity index is 1.68. The first kappa shape index (κ1) is 18.4. The van der Waals surface area contributed by atoms with E-state index in [4.69, 9.17) is 16.0 Å². The van der Waals surface area contributed by atoms with Crippen LogP contribution in [0, 0.1) is 5.82 Å². The molecular weight excluding hydrogens is 361 g/mol. The molecule has 1 aromatic carbocycles. The smallest absolute Gasteiger partial charge is 0.314 e. The Hall–Kier alpha value is -3.40. The van der Waals surface area contributed by atoms with Gasteiger partial charge in [-0.1, -0.05) is 12.1 Å². The molecule has 0 amide bonds. The van der Waals surface area contributed by atoms with E-state index < -0.39 is 18.1 Å². The monoisotopic (exact) mass is 376 g/mol. The summed E-state index contributed by atoms with van der Waals surface area (Å²) in [5.74, 6) is 4.60. The van der Waals surface area contributed by atoms with Crippen molar-refractivity contribution in [3.8, 4) is 11.5 Å². The van der Waals surface area contributed by atoms with Crippen LogP contribution in [0.4, 0.5) is 13.2 Å². The van der Waals surface area contributed by atoms with Crippen LogP contribution in [0.1, 0.15) is 23.6 Å². The van der Waals surface area contributed by atoms with Crippen molar-refractivity contribution in [2.45, 2.75) is 13.0 Å². The molecule has 10 heteroatoms. The van der Waals surface area contributed by atoms with Gasteiger partial charge >= 0.3 is 6.43 Å². The number of nitrogens with two attached hydrogens (primary N) is 2. The predicted octanol–water partition coefficient (Wildman–Crippen LogP) is 2.84. The van der Waals surface area contributed by atoms with Gasteiger partial charge in [-0.25, -0.2) is 10.2 Å². The molecular formula is C17H15F3N6O. The van der Waals surface area contributed by atoms with Crippen LogP contribution in [0.5, 0.6) is 0 Å². The van der Waals surface area contributed by atoms with E-state index in [1.165, 1.54) is 23.5 Å². The number of alkyl halides is 2. The first-order valence-corrected chi connectivity index (χ1v) is 7.74. The van der Waals surface area contributed by atoms with E-state index in [0.717, 1.165) is 0 Å². The molecule has 3 aromatic rings. The van der Waals surface area contributed by atoms with Gasteiger partial charge in [0, 0.05) is 18.0 Å². The van der Waals surface area contributed by atoms with Crippen LogP contribution < -0.4 is 11.6 Å². The van der Waals surface area contributed by atoms with E-state index in [9.17, 15) is 13.2 Å². The molecule has 0 aliphatic carbocycles. The number of aromatic nitrogens is 3. The number of rotatable bonds is 6. The van der Waals surface area contributed by atoms with Gasteiger partial charge in [-0.05, 0) is 24.3 Å². The van der Waals surface area contributed by atoms with Crippen LogP contribution in [0.2, 0.25) is 0 Å². The molecule has 2 aromatic heterocycles. The summed E-state index contributed by atoms with van der Waals surface area (Å²) in [5.41, 5.74) is 7.22. The number of halogens is 3. The molecule has 0 unspecified atom stereocenters. The molecule has 0 aliphatic heterocycles. The molecule has 0 saturated carbocycles. The lowest BCUT2D eigenvalue weighted by atomic mass is 10.1. The summed E-state index contributed by atoms with van der Waals surface area (Å²) in [5, 5.41) is 8.06. The molecule has 4 N–H and O–H groups in total. The van der Waals surface area contributed by atoms with Crippen LogP contribution in [0.15, 0.2) is 53.2 Å². The van der Waals surface area contributed by atoms with E-state index in [0.29, 0.717) is 11.3 Å². The zero-order valence-electron chi connectivity index (χ0n) is 13.9. The van der Waals surface area contributed by atoms with Crippen molar-refractivity contribution in [3.05, 3.63) is 71.8 Å². The average molecular weight is 376 g/mol. The number of hydrogen-bond donors (Lipinski definition) is 2. The maximum absolute atomic E-state index is 13.7. The Morgan fingerprint density at radius 1 is 1.19 bits per heavy atom. The van der Waals surface area contributed by atoms with Gasteiger partial charge in [-0.3, -0.25) is 4.98 Å². The topological polar surface area (TPSA) is 107 Å². The zero-order chi connectivity index (χ0) is 19.4. The van der Waals surface area contributed by atoms with Gasteiger partial charge in [0.2, 0.25) is 5.89 Å². The fraction of sp³-hybridized carbons (Fsp3) is 0.118. The minimum absolute atomic E-state index is 0.0577. The Kier molecular flexibility index (Phi) is 5.36. The summed E-state index contributed by atoms with van der Waals surface area (Å²) in [6, 6.07) is 9.27. The third-order valence-electron chi connectivity index (χ3n) is 3.53. The molecule has 0 atom stereocenters. The lowest BCUT2D eigenvalue weighted by Crippen LogP contribution is -2.26. The average Bonchev–Trinajstić information content (AvgIpc) is 3.13. The molecule has 7 nitrogen and oxygen atoms in total. The lowest BCUT2D eigenvalue weighted by Gasteiger charge is -2.15. The molecule has 140 valence electrons. The second kappa shape index (κ2) is 7.87. The van der Waals surface area contributed by atoms with Gasteiger partial charge in [0.15, 0.2) is 0 Å². The standard InChI is InChI=1S/C17H15F3N6O/c18-13-4-2-1-3-12(13)14(21)9-26(22)8-11-6-5-10(7-23-11)16-24-25-17(27-16)15(19)20/h1-7,9,15H,8,21-22H2/b14-9-. The molecule has 27 heavy (non-hydrogen) atoms. The predicted molar refractivity (Wildman–Crippen MR) is 90.8 cm³/mol. The molecule has 0 saturated heterocycles. The van der Waals surface area contributed by atoms with Gasteiger partial charge in [0.1, 0.15) is 5.82 Å². The number of hydrogen-bond acceptors (Lipinski definition) is 7. The number of benzene rings is 1. The highest BCUT2D eigenvalue weighted by Crippen LogP contribution is 2.22. The van der Waals surface area contributed by atoms with E-state index in [1.54, 1.807) is 30.3 Å². The summed E-state index contributed by atoms with van der Waals surface area (Å²) >= 11 is 0. The summed E-state index contributed by atoms with van der Waals surface area (Å²) in [7, 11) is 0. The Labute approximate surface area is 152 Å². The fourth-order valence-electron chi connectivity index (χ4n) is 2.26. The zero-order valence-corrected chi connectivity index (χ0v) is 13.9.